The second-order valence-corrected chi connectivity index (χ2v) is 9.54. The number of carbonyl (C=O) groups is 1. The first-order valence-corrected chi connectivity index (χ1v) is 11.2. The zero-order valence-corrected chi connectivity index (χ0v) is 17.4. The first-order chi connectivity index (χ1) is 13.8. The summed E-state index contributed by atoms with van der Waals surface area (Å²) in [5, 5.41) is 10.0. The van der Waals surface area contributed by atoms with E-state index in [4.69, 9.17) is 11.6 Å². The van der Waals surface area contributed by atoms with Crippen LogP contribution in [-0.4, -0.2) is 25.5 Å². The molecule has 1 aromatic heterocycles. The fourth-order valence-corrected chi connectivity index (χ4v) is 4.96. The molecule has 0 amide bonds. The molecular formula is C21H16ClNO4S2. The molecule has 29 heavy (non-hydrogen) atoms. The van der Waals surface area contributed by atoms with Gasteiger partial charge in [0.15, 0.2) is 0 Å². The molecular weight excluding hydrogens is 430 g/mol. The number of carboxylic acid groups (broad SMARTS) is 1. The zero-order valence-electron chi connectivity index (χ0n) is 15.0. The minimum atomic E-state index is -3.99. The number of nitrogens with one attached hydrogen (secondary N) is 1. The normalized spacial score (nSPS) is 12.0. The maximum Gasteiger partial charge on any atom is 0.322 e. The van der Waals surface area contributed by atoms with Gasteiger partial charge in [-0.25, -0.2) is 8.42 Å². The van der Waals surface area contributed by atoms with E-state index in [9.17, 15) is 18.3 Å². The van der Waals surface area contributed by atoms with Crippen LogP contribution in [0.4, 0.5) is 0 Å². The number of hydrogen-bond acceptors (Lipinski definition) is 4. The maximum atomic E-state index is 12.6. The van der Waals surface area contributed by atoms with Gasteiger partial charge in [-0.3, -0.25) is 4.79 Å². The molecule has 0 saturated heterocycles. The number of thiophene rings is 1. The molecule has 1 unspecified atom stereocenters. The van der Waals surface area contributed by atoms with Crippen molar-refractivity contribution in [3.63, 3.8) is 0 Å². The summed E-state index contributed by atoms with van der Waals surface area (Å²) in [6.45, 7) is 0. The van der Waals surface area contributed by atoms with Crippen molar-refractivity contribution in [3.05, 3.63) is 87.8 Å². The van der Waals surface area contributed by atoms with E-state index < -0.39 is 22.0 Å². The highest BCUT2D eigenvalue weighted by molar-refractivity contribution is 7.91. The van der Waals surface area contributed by atoms with E-state index in [0.717, 1.165) is 22.5 Å². The number of rotatable bonds is 6. The standard InChI is InChI=1S/C21H16ClNO4S2/c22-17-9-6-15(7-10-17)8-11-18-12-13-20(28-18)29(26,27)23-19(21(24)25)14-16-4-2-1-3-5-16/h1-7,9-10,12-13,19,23H,14H2,(H,24,25). The molecule has 0 aliphatic rings. The Bertz CT molecular complexity index is 1160. The number of sulfonamides is 1. The third-order valence-electron chi connectivity index (χ3n) is 3.90. The molecule has 8 heteroatoms. The fraction of sp³-hybridized carbons (Fsp3) is 0.0952. The summed E-state index contributed by atoms with van der Waals surface area (Å²) in [6, 6.07) is 17.6. The predicted octanol–water partition coefficient (Wildman–Crippen LogP) is 3.78. The van der Waals surface area contributed by atoms with Gasteiger partial charge in [0.1, 0.15) is 10.3 Å². The number of carboxylic acids is 1. The highest BCUT2D eigenvalue weighted by Crippen LogP contribution is 2.21. The minimum Gasteiger partial charge on any atom is -0.480 e. The van der Waals surface area contributed by atoms with Crippen LogP contribution in [0.2, 0.25) is 5.02 Å². The fourth-order valence-electron chi connectivity index (χ4n) is 2.47. The molecule has 0 bridgehead atoms. The Labute approximate surface area is 178 Å². The van der Waals surface area contributed by atoms with Gasteiger partial charge in [0.2, 0.25) is 0 Å². The second-order valence-electron chi connectivity index (χ2n) is 6.08. The first kappa shape index (κ1) is 21.1. The molecule has 3 rings (SSSR count). The van der Waals surface area contributed by atoms with Crippen molar-refractivity contribution >= 4 is 38.9 Å². The molecule has 3 aromatic rings. The Hall–Kier alpha value is -2.63. The quantitative estimate of drug-likeness (QED) is 0.565. The summed E-state index contributed by atoms with van der Waals surface area (Å²) in [4.78, 5) is 12.1. The lowest BCUT2D eigenvalue weighted by Gasteiger charge is -2.14. The molecule has 2 N–H and O–H groups in total. The molecule has 0 aliphatic carbocycles. The summed E-state index contributed by atoms with van der Waals surface area (Å²) < 4.78 is 27.6. The van der Waals surface area contributed by atoms with Crippen molar-refractivity contribution in [1.82, 2.24) is 4.72 Å². The van der Waals surface area contributed by atoms with E-state index >= 15 is 0 Å². The van der Waals surface area contributed by atoms with Crippen LogP contribution in [-0.2, 0) is 21.2 Å². The van der Waals surface area contributed by atoms with Crippen LogP contribution >= 0.6 is 22.9 Å². The lowest BCUT2D eigenvalue weighted by Crippen LogP contribution is -2.42. The largest absolute Gasteiger partial charge is 0.480 e. The van der Waals surface area contributed by atoms with Crippen LogP contribution < -0.4 is 4.72 Å². The van der Waals surface area contributed by atoms with E-state index in [2.05, 4.69) is 16.6 Å². The smallest absolute Gasteiger partial charge is 0.322 e. The third kappa shape index (κ3) is 5.92. The average molecular weight is 446 g/mol. The van der Waals surface area contributed by atoms with E-state index in [1.54, 1.807) is 54.6 Å². The Balaban J connectivity index is 1.75. The number of hydrogen-bond donors (Lipinski definition) is 2. The number of aliphatic carboxylic acids is 1. The van der Waals surface area contributed by atoms with Gasteiger partial charge in [-0.05, 0) is 48.4 Å². The van der Waals surface area contributed by atoms with Gasteiger partial charge in [0.05, 0.1) is 4.88 Å². The highest BCUT2D eigenvalue weighted by atomic mass is 35.5. The molecule has 1 atom stereocenters. The molecule has 0 saturated carbocycles. The SMILES string of the molecule is O=C(O)C(Cc1ccccc1)NS(=O)(=O)c1ccc(C#Cc2ccc(Cl)cc2)s1. The van der Waals surface area contributed by atoms with Crippen molar-refractivity contribution in [2.24, 2.45) is 0 Å². The Kier molecular flexibility index (Phi) is 6.72. The van der Waals surface area contributed by atoms with Gasteiger partial charge in [0, 0.05) is 10.6 Å². The molecule has 0 aliphatic heterocycles. The van der Waals surface area contributed by atoms with Gasteiger partial charge >= 0.3 is 5.97 Å². The van der Waals surface area contributed by atoms with Crippen LogP contribution in [0.1, 0.15) is 16.0 Å². The number of benzene rings is 2. The Morgan fingerprint density at radius 2 is 1.72 bits per heavy atom. The van der Waals surface area contributed by atoms with E-state index in [0.29, 0.717) is 9.90 Å². The van der Waals surface area contributed by atoms with Crippen molar-refractivity contribution in [2.45, 2.75) is 16.7 Å². The van der Waals surface area contributed by atoms with E-state index in [-0.39, 0.29) is 10.6 Å². The lowest BCUT2D eigenvalue weighted by atomic mass is 10.1. The molecule has 5 nitrogen and oxygen atoms in total. The highest BCUT2D eigenvalue weighted by Gasteiger charge is 2.26. The summed E-state index contributed by atoms with van der Waals surface area (Å²) >= 11 is 6.81. The van der Waals surface area contributed by atoms with Gasteiger partial charge in [-0.1, -0.05) is 53.8 Å². The van der Waals surface area contributed by atoms with Gasteiger partial charge in [0.25, 0.3) is 10.0 Å². The van der Waals surface area contributed by atoms with Crippen molar-refractivity contribution in [2.75, 3.05) is 0 Å². The van der Waals surface area contributed by atoms with Crippen molar-refractivity contribution in [1.29, 1.82) is 0 Å². The molecule has 148 valence electrons. The summed E-state index contributed by atoms with van der Waals surface area (Å²) in [5.74, 6) is 4.60. The van der Waals surface area contributed by atoms with Crippen LogP contribution in [0.15, 0.2) is 70.9 Å². The topological polar surface area (TPSA) is 83.5 Å². The minimum absolute atomic E-state index is 0.0113. The summed E-state index contributed by atoms with van der Waals surface area (Å²) in [5.41, 5.74) is 1.47. The monoisotopic (exact) mass is 445 g/mol. The van der Waals surface area contributed by atoms with Crippen molar-refractivity contribution < 1.29 is 18.3 Å². The molecule has 2 aromatic carbocycles. The number of halogens is 1. The zero-order chi connectivity index (χ0) is 20.9. The van der Waals surface area contributed by atoms with Crippen LogP contribution in [0.3, 0.4) is 0 Å². The average Bonchev–Trinajstić information content (AvgIpc) is 3.18. The van der Waals surface area contributed by atoms with Gasteiger partial charge in [-0.15, -0.1) is 11.3 Å². The first-order valence-electron chi connectivity index (χ1n) is 8.50. The molecule has 0 radical (unpaired) electrons. The van der Waals surface area contributed by atoms with Crippen LogP contribution in [0.25, 0.3) is 0 Å². The van der Waals surface area contributed by atoms with Gasteiger partial charge in [-0.2, -0.15) is 4.72 Å². The van der Waals surface area contributed by atoms with Crippen LogP contribution in [0.5, 0.6) is 0 Å². The third-order valence-corrected chi connectivity index (χ3v) is 7.11. The lowest BCUT2D eigenvalue weighted by molar-refractivity contribution is -0.138. The summed E-state index contributed by atoms with van der Waals surface area (Å²) in [7, 11) is -3.99. The van der Waals surface area contributed by atoms with E-state index in [1.165, 1.54) is 6.07 Å². The Morgan fingerprint density at radius 3 is 2.38 bits per heavy atom. The predicted molar refractivity (Wildman–Crippen MR) is 114 cm³/mol. The second kappa shape index (κ2) is 9.25. The van der Waals surface area contributed by atoms with Gasteiger partial charge < -0.3 is 5.11 Å². The van der Waals surface area contributed by atoms with Crippen molar-refractivity contribution in [3.8, 4) is 11.8 Å². The van der Waals surface area contributed by atoms with E-state index in [1.807, 2.05) is 6.07 Å². The van der Waals surface area contributed by atoms with Crippen LogP contribution in [0, 0.1) is 11.8 Å². The molecule has 0 spiro atoms. The molecule has 0 fully saturated rings. The molecule has 1 heterocycles. The summed E-state index contributed by atoms with van der Waals surface area (Å²) in [6.07, 6.45) is 0.0456. The maximum absolute atomic E-state index is 12.6. The Morgan fingerprint density at radius 1 is 1.03 bits per heavy atom.